The number of aromatic amines is 1. The Balaban J connectivity index is 1.63. The predicted molar refractivity (Wildman–Crippen MR) is 89.1 cm³/mol. The number of H-pyrrole nitrogens is 1. The number of hydrogen-bond acceptors (Lipinski definition) is 4. The second kappa shape index (κ2) is 6.91. The molecule has 23 heavy (non-hydrogen) atoms. The highest BCUT2D eigenvalue weighted by molar-refractivity contribution is 5.90. The van der Waals surface area contributed by atoms with Gasteiger partial charge in [0, 0.05) is 18.3 Å². The van der Waals surface area contributed by atoms with Crippen molar-refractivity contribution in [2.75, 3.05) is 18.9 Å². The third-order valence-corrected chi connectivity index (χ3v) is 4.32. The second-order valence-corrected chi connectivity index (χ2v) is 6.22. The van der Waals surface area contributed by atoms with Gasteiger partial charge in [-0.05, 0) is 57.5 Å². The van der Waals surface area contributed by atoms with Crippen LogP contribution in [-0.2, 0) is 11.2 Å². The van der Waals surface area contributed by atoms with E-state index in [2.05, 4.69) is 39.6 Å². The number of likely N-dealkylation sites (tertiary alicyclic amines) is 1. The average molecular weight is 313 g/mol. The molecule has 2 aromatic heterocycles. The number of anilines is 1. The molecule has 2 aromatic rings. The van der Waals surface area contributed by atoms with Crippen molar-refractivity contribution in [1.29, 1.82) is 0 Å². The van der Waals surface area contributed by atoms with Gasteiger partial charge in [0.2, 0.25) is 5.91 Å². The molecule has 3 heterocycles. The van der Waals surface area contributed by atoms with Crippen molar-refractivity contribution in [3.05, 3.63) is 41.5 Å². The average Bonchev–Trinajstić information content (AvgIpc) is 3.16. The lowest BCUT2D eigenvalue weighted by Gasteiger charge is -2.20. The topological polar surface area (TPSA) is 73.9 Å². The van der Waals surface area contributed by atoms with Gasteiger partial charge in [-0.1, -0.05) is 0 Å². The highest BCUT2D eigenvalue weighted by atomic mass is 16.1. The molecule has 1 aliphatic heterocycles. The van der Waals surface area contributed by atoms with Crippen LogP contribution in [0.25, 0.3) is 0 Å². The third kappa shape index (κ3) is 3.96. The van der Waals surface area contributed by atoms with E-state index in [1.165, 1.54) is 12.0 Å². The van der Waals surface area contributed by atoms with Crippen molar-refractivity contribution < 1.29 is 4.79 Å². The molecule has 0 aliphatic carbocycles. The maximum atomic E-state index is 12.0. The molecular weight excluding hydrogens is 290 g/mol. The van der Waals surface area contributed by atoms with Gasteiger partial charge in [-0.25, -0.2) is 0 Å². The van der Waals surface area contributed by atoms with Gasteiger partial charge in [0.1, 0.15) is 0 Å². The zero-order chi connectivity index (χ0) is 16.2. The Labute approximate surface area is 136 Å². The summed E-state index contributed by atoms with van der Waals surface area (Å²) >= 11 is 0. The molecule has 122 valence electrons. The lowest BCUT2D eigenvalue weighted by atomic mass is 10.0. The van der Waals surface area contributed by atoms with Crippen LogP contribution in [0.3, 0.4) is 0 Å². The highest BCUT2D eigenvalue weighted by Gasteiger charge is 2.24. The molecule has 1 fully saturated rings. The number of nitrogens with zero attached hydrogens (tertiary/aromatic N) is 3. The van der Waals surface area contributed by atoms with Crippen LogP contribution in [0.4, 0.5) is 5.69 Å². The van der Waals surface area contributed by atoms with Gasteiger partial charge in [0.25, 0.3) is 0 Å². The molecule has 1 unspecified atom stereocenters. The molecule has 1 atom stereocenters. The zero-order valence-electron chi connectivity index (χ0n) is 13.7. The Morgan fingerprint density at radius 1 is 1.48 bits per heavy atom. The summed E-state index contributed by atoms with van der Waals surface area (Å²) in [6.45, 7) is 3.15. The number of amides is 1. The van der Waals surface area contributed by atoms with Crippen LogP contribution >= 0.6 is 0 Å². The minimum atomic E-state index is 0.000370. The molecule has 6 heteroatoms. The normalized spacial score (nSPS) is 18.3. The third-order valence-electron chi connectivity index (χ3n) is 4.32. The number of carbonyl (C=O) groups is 1. The van der Waals surface area contributed by atoms with E-state index in [0.29, 0.717) is 18.2 Å². The Kier molecular flexibility index (Phi) is 4.71. The Morgan fingerprint density at radius 2 is 2.35 bits per heavy atom. The Hall–Kier alpha value is -2.21. The van der Waals surface area contributed by atoms with Gasteiger partial charge in [-0.2, -0.15) is 5.10 Å². The first-order valence-electron chi connectivity index (χ1n) is 8.08. The van der Waals surface area contributed by atoms with E-state index in [0.717, 1.165) is 30.8 Å². The fraction of sp³-hybridized carbons (Fsp3) is 0.471. The summed E-state index contributed by atoms with van der Waals surface area (Å²) in [5, 5.41) is 9.32. The van der Waals surface area contributed by atoms with Gasteiger partial charge in [0.05, 0.1) is 23.6 Å². The summed E-state index contributed by atoms with van der Waals surface area (Å²) in [7, 11) is 2.15. The fourth-order valence-corrected chi connectivity index (χ4v) is 3.17. The van der Waals surface area contributed by atoms with Crippen LogP contribution in [0.5, 0.6) is 0 Å². The summed E-state index contributed by atoms with van der Waals surface area (Å²) in [6, 6.07) is 4.64. The van der Waals surface area contributed by atoms with E-state index in [4.69, 9.17) is 4.98 Å². The molecule has 0 spiro atoms. The summed E-state index contributed by atoms with van der Waals surface area (Å²) in [4.78, 5) is 19.0. The fourth-order valence-electron chi connectivity index (χ4n) is 3.17. The molecular formula is C17H23N5O. The molecule has 0 aromatic carbocycles. The monoisotopic (exact) mass is 313 g/mol. The van der Waals surface area contributed by atoms with Crippen LogP contribution in [-0.4, -0.2) is 39.6 Å². The number of hydrogen-bond donors (Lipinski definition) is 2. The van der Waals surface area contributed by atoms with Gasteiger partial charge < -0.3 is 5.32 Å². The van der Waals surface area contributed by atoms with Gasteiger partial charge in [-0.15, -0.1) is 0 Å². The summed E-state index contributed by atoms with van der Waals surface area (Å²) in [6.07, 6.45) is 6.82. The minimum absolute atomic E-state index is 0.000370. The first-order valence-corrected chi connectivity index (χ1v) is 8.08. The maximum Gasteiger partial charge on any atom is 0.224 e. The molecule has 6 nitrogen and oxygen atoms in total. The quantitative estimate of drug-likeness (QED) is 0.889. The number of aryl methyl sites for hydroxylation is 2. The van der Waals surface area contributed by atoms with E-state index < -0.39 is 0 Å². The van der Waals surface area contributed by atoms with E-state index in [1.807, 2.05) is 6.92 Å². The van der Waals surface area contributed by atoms with E-state index in [1.54, 1.807) is 12.4 Å². The minimum Gasteiger partial charge on any atom is -0.323 e. The number of carbonyl (C=O) groups excluding carboxylic acids is 1. The van der Waals surface area contributed by atoms with Crippen molar-refractivity contribution in [3.63, 3.8) is 0 Å². The second-order valence-electron chi connectivity index (χ2n) is 6.22. The largest absolute Gasteiger partial charge is 0.323 e. The van der Waals surface area contributed by atoms with E-state index in [-0.39, 0.29) is 5.91 Å². The lowest BCUT2D eigenvalue weighted by Crippen LogP contribution is -2.19. The lowest BCUT2D eigenvalue weighted by molar-refractivity contribution is -0.116. The first-order chi connectivity index (χ1) is 11.1. The van der Waals surface area contributed by atoms with Crippen molar-refractivity contribution in [2.24, 2.45) is 0 Å². The van der Waals surface area contributed by atoms with Crippen LogP contribution < -0.4 is 5.32 Å². The van der Waals surface area contributed by atoms with Crippen LogP contribution in [0, 0.1) is 6.92 Å². The number of pyridine rings is 1. The molecule has 0 bridgehead atoms. The molecule has 0 radical (unpaired) electrons. The molecule has 0 saturated carbocycles. The number of rotatable bonds is 5. The molecule has 1 saturated heterocycles. The van der Waals surface area contributed by atoms with Crippen molar-refractivity contribution >= 4 is 11.6 Å². The Morgan fingerprint density at radius 3 is 3.04 bits per heavy atom. The summed E-state index contributed by atoms with van der Waals surface area (Å²) in [5.41, 5.74) is 4.03. The number of aromatic nitrogens is 3. The SMILES string of the molecule is Cc1cc(CCC(=O)Nc2cn[nH]c2)cc(C2CCCN2C)n1. The van der Waals surface area contributed by atoms with Crippen LogP contribution in [0.2, 0.25) is 0 Å². The Bertz CT molecular complexity index is 668. The molecule has 2 N–H and O–H groups in total. The molecule has 1 amide bonds. The highest BCUT2D eigenvalue weighted by Crippen LogP contribution is 2.29. The standard InChI is InChI=1S/C17H23N5O/c1-12-8-13(5-6-17(23)21-14-10-18-19-11-14)9-15(20-12)16-4-3-7-22(16)2/h8-11,16H,3-7H2,1-2H3,(H,18,19)(H,21,23). The summed E-state index contributed by atoms with van der Waals surface area (Å²) in [5.74, 6) is 0.000370. The van der Waals surface area contributed by atoms with Gasteiger partial charge >= 0.3 is 0 Å². The first kappa shape index (κ1) is 15.7. The molecule has 1 aliphatic rings. The van der Waals surface area contributed by atoms with Crippen molar-refractivity contribution in [2.45, 2.75) is 38.6 Å². The predicted octanol–water partition coefficient (Wildman–Crippen LogP) is 2.45. The van der Waals surface area contributed by atoms with Crippen LogP contribution in [0.1, 0.15) is 42.3 Å². The smallest absolute Gasteiger partial charge is 0.224 e. The zero-order valence-corrected chi connectivity index (χ0v) is 13.7. The van der Waals surface area contributed by atoms with E-state index >= 15 is 0 Å². The number of nitrogens with one attached hydrogen (secondary N) is 2. The van der Waals surface area contributed by atoms with Gasteiger partial charge in [-0.3, -0.25) is 19.8 Å². The maximum absolute atomic E-state index is 12.0. The van der Waals surface area contributed by atoms with Crippen molar-refractivity contribution in [1.82, 2.24) is 20.1 Å². The van der Waals surface area contributed by atoms with Gasteiger partial charge in [0.15, 0.2) is 0 Å². The summed E-state index contributed by atoms with van der Waals surface area (Å²) < 4.78 is 0. The van der Waals surface area contributed by atoms with Crippen molar-refractivity contribution in [3.8, 4) is 0 Å². The molecule has 3 rings (SSSR count). The van der Waals surface area contributed by atoms with Crippen LogP contribution in [0.15, 0.2) is 24.5 Å². The van der Waals surface area contributed by atoms with E-state index in [9.17, 15) is 4.79 Å².